The molecule has 1 aromatic heterocycles. The minimum atomic E-state index is -0.239. The third-order valence-corrected chi connectivity index (χ3v) is 4.84. The lowest BCUT2D eigenvalue weighted by Gasteiger charge is -2.34. The number of nitrogens with zero attached hydrogens (tertiary/aromatic N) is 3. The molecule has 0 spiro atoms. The summed E-state index contributed by atoms with van der Waals surface area (Å²) >= 11 is 0. The number of carbonyl (C=O) groups excluding carboxylic acids is 2. The Labute approximate surface area is 147 Å². The van der Waals surface area contributed by atoms with E-state index in [0.29, 0.717) is 32.8 Å². The fourth-order valence-electron chi connectivity index (χ4n) is 3.25. The molecule has 2 aliphatic rings. The SMILES string of the molecule is COCC(C)NC(=O)NCc1cc2n(n1)CCN(C(=O)C1CCC1)C2. The zero-order valence-corrected chi connectivity index (χ0v) is 15.0. The van der Waals surface area contributed by atoms with Crippen molar-refractivity contribution < 1.29 is 14.3 Å². The van der Waals surface area contributed by atoms with Crippen LogP contribution in [0.2, 0.25) is 0 Å². The van der Waals surface area contributed by atoms with Gasteiger partial charge in [-0.1, -0.05) is 6.42 Å². The van der Waals surface area contributed by atoms with Crippen molar-refractivity contribution in [2.45, 2.75) is 51.9 Å². The van der Waals surface area contributed by atoms with Gasteiger partial charge in [0.15, 0.2) is 0 Å². The van der Waals surface area contributed by atoms with Gasteiger partial charge in [0.1, 0.15) is 0 Å². The number of ether oxygens (including phenoxy) is 1. The van der Waals surface area contributed by atoms with E-state index in [1.807, 2.05) is 22.6 Å². The number of hydrogen-bond donors (Lipinski definition) is 2. The average Bonchev–Trinajstić information content (AvgIpc) is 2.93. The number of rotatable bonds is 6. The predicted molar refractivity (Wildman–Crippen MR) is 91.7 cm³/mol. The zero-order chi connectivity index (χ0) is 17.8. The lowest BCUT2D eigenvalue weighted by Crippen LogP contribution is -2.43. The predicted octanol–water partition coefficient (Wildman–Crippen LogP) is 0.860. The van der Waals surface area contributed by atoms with Gasteiger partial charge in [0.05, 0.1) is 43.7 Å². The van der Waals surface area contributed by atoms with E-state index in [-0.39, 0.29) is 23.9 Å². The van der Waals surface area contributed by atoms with Crippen LogP contribution in [0.3, 0.4) is 0 Å². The molecule has 1 aromatic rings. The smallest absolute Gasteiger partial charge is 0.315 e. The lowest BCUT2D eigenvalue weighted by molar-refractivity contribution is -0.139. The van der Waals surface area contributed by atoms with Crippen LogP contribution in [-0.4, -0.2) is 52.9 Å². The van der Waals surface area contributed by atoms with Crippen molar-refractivity contribution in [3.8, 4) is 0 Å². The third kappa shape index (κ3) is 4.31. The van der Waals surface area contributed by atoms with Gasteiger partial charge in [0.25, 0.3) is 0 Å². The van der Waals surface area contributed by atoms with Crippen LogP contribution in [-0.2, 0) is 29.2 Å². The minimum Gasteiger partial charge on any atom is -0.383 e. The Morgan fingerprint density at radius 2 is 2.20 bits per heavy atom. The van der Waals surface area contributed by atoms with E-state index in [4.69, 9.17) is 4.74 Å². The molecule has 8 heteroatoms. The van der Waals surface area contributed by atoms with Gasteiger partial charge in [-0.2, -0.15) is 5.10 Å². The van der Waals surface area contributed by atoms with E-state index in [1.165, 1.54) is 6.42 Å². The molecule has 3 rings (SSSR count). The van der Waals surface area contributed by atoms with Crippen LogP contribution in [0.15, 0.2) is 6.07 Å². The Kier molecular flexibility index (Phi) is 5.57. The monoisotopic (exact) mass is 349 g/mol. The standard InChI is InChI=1S/C17H27N5O3/c1-12(11-25-2)19-17(24)18-9-14-8-15-10-21(6-7-22(15)20-14)16(23)13-4-3-5-13/h8,12-13H,3-7,9-11H2,1-2H3,(H2,18,19,24). The van der Waals surface area contributed by atoms with E-state index in [2.05, 4.69) is 15.7 Å². The molecule has 0 radical (unpaired) electrons. The molecule has 0 bridgehead atoms. The first-order valence-electron chi connectivity index (χ1n) is 8.94. The summed E-state index contributed by atoms with van der Waals surface area (Å²) in [5.41, 5.74) is 1.84. The van der Waals surface area contributed by atoms with E-state index < -0.39 is 0 Å². The van der Waals surface area contributed by atoms with Crippen LogP contribution in [0, 0.1) is 5.92 Å². The van der Waals surface area contributed by atoms with Crippen molar-refractivity contribution in [2.75, 3.05) is 20.3 Å². The van der Waals surface area contributed by atoms with Gasteiger partial charge in [-0.15, -0.1) is 0 Å². The summed E-state index contributed by atoms with van der Waals surface area (Å²) in [7, 11) is 1.60. The molecule has 2 heterocycles. The fraction of sp³-hybridized carbons (Fsp3) is 0.706. The number of methoxy groups -OCH3 is 1. The van der Waals surface area contributed by atoms with Gasteiger partial charge < -0.3 is 20.3 Å². The average molecular weight is 349 g/mol. The second-order valence-corrected chi connectivity index (χ2v) is 6.92. The molecule has 1 fully saturated rings. The number of amides is 3. The van der Waals surface area contributed by atoms with Crippen LogP contribution in [0.4, 0.5) is 4.79 Å². The summed E-state index contributed by atoms with van der Waals surface area (Å²) in [4.78, 5) is 26.2. The number of hydrogen-bond acceptors (Lipinski definition) is 4. The highest BCUT2D eigenvalue weighted by molar-refractivity contribution is 5.79. The van der Waals surface area contributed by atoms with Crippen LogP contribution < -0.4 is 10.6 Å². The molecule has 8 nitrogen and oxygen atoms in total. The third-order valence-electron chi connectivity index (χ3n) is 4.84. The van der Waals surface area contributed by atoms with Crippen molar-refractivity contribution in [3.05, 3.63) is 17.5 Å². The van der Waals surface area contributed by atoms with Crippen LogP contribution in [0.5, 0.6) is 0 Å². The zero-order valence-electron chi connectivity index (χ0n) is 15.0. The van der Waals surface area contributed by atoms with Crippen molar-refractivity contribution in [3.63, 3.8) is 0 Å². The summed E-state index contributed by atoms with van der Waals surface area (Å²) in [5.74, 6) is 0.512. The van der Waals surface area contributed by atoms with Crippen molar-refractivity contribution in [1.29, 1.82) is 0 Å². The molecule has 2 N–H and O–H groups in total. The number of carbonyl (C=O) groups is 2. The van der Waals surface area contributed by atoms with E-state index in [0.717, 1.165) is 24.2 Å². The first-order chi connectivity index (χ1) is 12.1. The normalized spacial score (nSPS) is 18.2. The molecule has 0 aromatic carbocycles. The van der Waals surface area contributed by atoms with E-state index >= 15 is 0 Å². The molecule has 25 heavy (non-hydrogen) atoms. The molecular formula is C17H27N5O3. The largest absolute Gasteiger partial charge is 0.383 e. The second-order valence-electron chi connectivity index (χ2n) is 6.92. The van der Waals surface area contributed by atoms with Gasteiger partial charge in [-0.05, 0) is 25.8 Å². The van der Waals surface area contributed by atoms with Crippen LogP contribution in [0.25, 0.3) is 0 Å². The van der Waals surface area contributed by atoms with Gasteiger partial charge in [-0.3, -0.25) is 9.48 Å². The Bertz CT molecular complexity index is 626. The number of fused-ring (bicyclic) bond motifs is 1. The van der Waals surface area contributed by atoms with Gasteiger partial charge in [0.2, 0.25) is 5.91 Å². The maximum absolute atomic E-state index is 12.4. The van der Waals surface area contributed by atoms with E-state index in [1.54, 1.807) is 7.11 Å². The number of aromatic nitrogens is 2. The maximum atomic E-state index is 12.4. The molecule has 1 unspecified atom stereocenters. The summed E-state index contributed by atoms with van der Waals surface area (Å²) < 4.78 is 6.93. The Morgan fingerprint density at radius 3 is 2.88 bits per heavy atom. The quantitative estimate of drug-likeness (QED) is 0.797. The van der Waals surface area contributed by atoms with Crippen LogP contribution in [0.1, 0.15) is 37.6 Å². The van der Waals surface area contributed by atoms with Gasteiger partial charge in [-0.25, -0.2) is 4.79 Å². The summed E-state index contributed by atoms with van der Waals surface area (Å²) in [5, 5.41) is 10.1. The molecule has 1 saturated carbocycles. The van der Waals surface area contributed by atoms with Crippen molar-refractivity contribution in [1.82, 2.24) is 25.3 Å². The van der Waals surface area contributed by atoms with Crippen molar-refractivity contribution >= 4 is 11.9 Å². The molecule has 0 saturated heterocycles. The summed E-state index contributed by atoms with van der Waals surface area (Å²) in [6, 6.07) is 1.68. The lowest BCUT2D eigenvalue weighted by atomic mass is 9.84. The molecule has 1 aliphatic heterocycles. The molecule has 138 valence electrons. The first kappa shape index (κ1) is 17.7. The highest BCUT2D eigenvalue weighted by Gasteiger charge is 2.31. The summed E-state index contributed by atoms with van der Waals surface area (Å²) in [6.07, 6.45) is 3.23. The molecule has 1 atom stereocenters. The molecule has 1 aliphatic carbocycles. The molecular weight excluding hydrogens is 322 g/mol. The minimum absolute atomic E-state index is 0.0497. The molecule has 3 amide bonds. The number of nitrogens with one attached hydrogen (secondary N) is 2. The Balaban J connectivity index is 1.50. The van der Waals surface area contributed by atoms with E-state index in [9.17, 15) is 9.59 Å². The first-order valence-corrected chi connectivity index (χ1v) is 8.94. The second kappa shape index (κ2) is 7.86. The maximum Gasteiger partial charge on any atom is 0.315 e. The number of urea groups is 1. The van der Waals surface area contributed by atoms with Crippen LogP contribution >= 0.6 is 0 Å². The topological polar surface area (TPSA) is 88.5 Å². The highest BCUT2D eigenvalue weighted by atomic mass is 16.5. The fourth-order valence-corrected chi connectivity index (χ4v) is 3.25. The van der Waals surface area contributed by atoms with Crippen molar-refractivity contribution in [2.24, 2.45) is 5.92 Å². The summed E-state index contributed by atoms with van der Waals surface area (Å²) in [6.45, 7) is 4.75. The van der Waals surface area contributed by atoms with Gasteiger partial charge >= 0.3 is 6.03 Å². The van der Waals surface area contributed by atoms with Gasteiger partial charge in [0, 0.05) is 19.6 Å². The Hall–Kier alpha value is -2.09. The Morgan fingerprint density at radius 1 is 1.40 bits per heavy atom. The highest BCUT2D eigenvalue weighted by Crippen LogP contribution is 2.29.